The molecule has 0 radical (unpaired) electrons. The van der Waals surface area contributed by atoms with E-state index >= 15 is 0 Å². The predicted molar refractivity (Wildman–Crippen MR) is 81.4 cm³/mol. The van der Waals surface area contributed by atoms with Crippen molar-refractivity contribution in [3.05, 3.63) is 58.3 Å². The third-order valence-corrected chi connectivity index (χ3v) is 4.05. The Kier molecular flexibility index (Phi) is 4.61. The van der Waals surface area contributed by atoms with Gasteiger partial charge in [0.1, 0.15) is 5.03 Å². The number of carbonyl (C=O) groups is 1. The van der Waals surface area contributed by atoms with E-state index in [-0.39, 0.29) is 5.56 Å². The van der Waals surface area contributed by atoms with Crippen LogP contribution in [-0.2, 0) is 5.75 Å². The van der Waals surface area contributed by atoms with Crippen molar-refractivity contribution in [2.45, 2.75) is 24.6 Å². The number of carboxylic acids is 1. The molecule has 5 heteroatoms. The second-order valence-corrected chi connectivity index (χ2v) is 5.59. The SMILES string of the molecule is Cc1cc(C)c(C(=O)O)c(SCc2ccccc2C#N)n1. The molecule has 4 nitrogen and oxygen atoms in total. The van der Waals surface area contributed by atoms with E-state index in [2.05, 4.69) is 11.1 Å². The third-order valence-electron chi connectivity index (χ3n) is 3.03. The van der Waals surface area contributed by atoms with Gasteiger partial charge in [0, 0.05) is 11.4 Å². The van der Waals surface area contributed by atoms with Gasteiger partial charge in [-0.25, -0.2) is 9.78 Å². The third kappa shape index (κ3) is 3.41. The van der Waals surface area contributed by atoms with E-state index in [1.54, 1.807) is 19.1 Å². The van der Waals surface area contributed by atoms with Gasteiger partial charge in [0.25, 0.3) is 0 Å². The first kappa shape index (κ1) is 15.1. The number of aromatic nitrogens is 1. The molecule has 2 aromatic rings. The van der Waals surface area contributed by atoms with Crippen LogP contribution < -0.4 is 0 Å². The number of benzene rings is 1. The first-order valence-corrected chi connectivity index (χ1v) is 7.34. The first-order valence-electron chi connectivity index (χ1n) is 6.35. The molecule has 1 heterocycles. The maximum Gasteiger partial charge on any atom is 0.338 e. The van der Waals surface area contributed by atoms with Crippen LogP contribution in [0, 0.1) is 25.2 Å². The molecule has 0 spiro atoms. The van der Waals surface area contributed by atoms with Gasteiger partial charge in [-0.2, -0.15) is 5.26 Å². The van der Waals surface area contributed by atoms with Gasteiger partial charge in [0.05, 0.1) is 17.2 Å². The van der Waals surface area contributed by atoms with E-state index in [1.165, 1.54) is 11.8 Å². The standard InChI is InChI=1S/C16H14N2O2S/c1-10-7-11(2)18-15(14(10)16(19)20)21-9-13-6-4-3-5-12(13)8-17/h3-7H,9H2,1-2H3,(H,19,20). The zero-order valence-corrected chi connectivity index (χ0v) is 12.6. The molecule has 0 bridgehead atoms. The van der Waals surface area contributed by atoms with Gasteiger partial charge in [0.2, 0.25) is 0 Å². The van der Waals surface area contributed by atoms with Crippen LogP contribution in [0.25, 0.3) is 0 Å². The average Bonchev–Trinajstić information content (AvgIpc) is 2.44. The summed E-state index contributed by atoms with van der Waals surface area (Å²) in [5.74, 6) is -0.462. The number of nitrogens with zero attached hydrogens (tertiary/aromatic N) is 2. The van der Waals surface area contributed by atoms with E-state index in [0.29, 0.717) is 21.9 Å². The second-order valence-electron chi connectivity index (χ2n) is 4.62. The normalized spacial score (nSPS) is 10.1. The largest absolute Gasteiger partial charge is 0.478 e. The average molecular weight is 298 g/mol. The number of aryl methyl sites for hydroxylation is 2. The lowest BCUT2D eigenvalue weighted by atomic mass is 10.1. The molecule has 0 amide bonds. The monoisotopic (exact) mass is 298 g/mol. The Hall–Kier alpha value is -2.32. The molecule has 1 aromatic heterocycles. The van der Waals surface area contributed by atoms with Crippen LogP contribution in [-0.4, -0.2) is 16.1 Å². The Morgan fingerprint density at radius 1 is 1.38 bits per heavy atom. The minimum absolute atomic E-state index is 0.236. The molecule has 106 valence electrons. The number of pyridine rings is 1. The number of carboxylic acid groups (broad SMARTS) is 1. The van der Waals surface area contributed by atoms with Gasteiger partial charge in [0.15, 0.2) is 0 Å². The maximum absolute atomic E-state index is 11.4. The highest BCUT2D eigenvalue weighted by atomic mass is 32.2. The molecule has 0 aliphatic carbocycles. The fourth-order valence-electron chi connectivity index (χ4n) is 2.07. The van der Waals surface area contributed by atoms with E-state index < -0.39 is 5.97 Å². The minimum atomic E-state index is -0.976. The van der Waals surface area contributed by atoms with Crippen molar-refractivity contribution in [1.82, 2.24) is 4.98 Å². The van der Waals surface area contributed by atoms with E-state index in [0.717, 1.165) is 11.3 Å². The van der Waals surface area contributed by atoms with Crippen LogP contribution in [0.15, 0.2) is 35.4 Å². The molecular formula is C16H14N2O2S. The Morgan fingerprint density at radius 2 is 2.10 bits per heavy atom. The van der Waals surface area contributed by atoms with Crippen LogP contribution in [0.4, 0.5) is 0 Å². The van der Waals surface area contributed by atoms with E-state index in [4.69, 9.17) is 5.26 Å². The van der Waals surface area contributed by atoms with Crippen molar-refractivity contribution in [3.8, 4) is 6.07 Å². The van der Waals surface area contributed by atoms with Crippen molar-refractivity contribution in [2.24, 2.45) is 0 Å². The highest BCUT2D eigenvalue weighted by molar-refractivity contribution is 7.98. The second kappa shape index (κ2) is 6.42. The molecule has 21 heavy (non-hydrogen) atoms. The van der Waals surface area contributed by atoms with Crippen molar-refractivity contribution < 1.29 is 9.90 Å². The highest BCUT2D eigenvalue weighted by Gasteiger charge is 2.16. The number of hydrogen-bond acceptors (Lipinski definition) is 4. The Morgan fingerprint density at radius 3 is 2.76 bits per heavy atom. The van der Waals surface area contributed by atoms with Crippen molar-refractivity contribution >= 4 is 17.7 Å². The van der Waals surface area contributed by atoms with Gasteiger partial charge in [-0.05, 0) is 37.1 Å². The summed E-state index contributed by atoms with van der Waals surface area (Å²) < 4.78 is 0. The number of thioether (sulfide) groups is 1. The molecule has 0 unspecified atom stereocenters. The number of nitriles is 1. The summed E-state index contributed by atoms with van der Waals surface area (Å²) in [6.45, 7) is 3.61. The molecule has 0 atom stereocenters. The van der Waals surface area contributed by atoms with Gasteiger partial charge >= 0.3 is 5.97 Å². The predicted octanol–water partition coefficient (Wildman–Crippen LogP) is 3.56. The molecule has 0 saturated heterocycles. The van der Waals surface area contributed by atoms with E-state index in [1.807, 2.05) is 25.1 Å². The van der Waals surface area contributed by atoms with Crippen molar-refractivity contribution in [2.75, 3.05) is 0 Å². The zero-order valence-electron chi connectivity index (χ0n) is 11.8. The molecular weight excluding hydrogens is 284 g/mol. The van der Waals surface area contributed by atoms with Crippen LogP contribution >= 0.6 is 11.8 Å². The van der Waals surface area contributed by atoms with E-state index in [9.17, 15) is 9.90 Å². The summed E-state index contributed by atoms with van der Waals surface area (Å²) in [5, 5.41) is 18.9. The topological polar surface area (TPSA) is 74.0 Å². The fraction of sp³-hybridized carbons (Fsp3) is 0.188. The number of aromatic carboxylic acids is 1. The number of hydrogen-bond donors (Lipinski definition) is 1. The van der Waals surface area contributed by atoms with Crippen LogP contribution in [0.1, 0.15) is 32.7 Å². The van der Waals surface area contributed by atoms with Crippen LogP contribution in [0.2, 0.25) is 0 Å². The Labute approximate surface area is 127 Å². The minimum Gasteiger partial charge on any atom is -0.478 e. The van der Waals surface area contributed by atoms with Crippen LogP contribution in [0.3, 0.4) is 0 Å². The fourth-order valence-corrected chi connectivity index (χ4v) is 3.21. The summed E-state index contributed by atoms with van der Waals surface area (Å²) in [6.07, 6.45) is 0. The molecule has 0 saturated carbocycles. The molecule has 0 aliphatic rings. The van der Waals surface area contributed by atoms with Crippen molar-refractivity contribution in [1.29, 1.82) is 5.26 Å². The first-order chi connectivity index (χ1) is 10.0. The maximum atomic E-state index is 11.4. The molecule has 0 aliphatic heterocycles. The zero-order chi connectivity index (χ0) is 15.4. The van der Waals surface area contributed by atoms with Gasteiger partial charge in [-0.15, -0.1) is 11.8 Å². The molecule has 1 aromatic carbocycles. The van der Waals surface area contributed by atoms with Gasteiger partial charge in [-0.3, -0.25) is 0 Å². The summed E-state index contributed by atoms with van der Waals surface area (Å²) >= 11 is 1.34. The Balaban J connectivity index is 2.32. The van der Waals surface area contributed by atoms with Crippen LogP contribution in [0.5, 0.6) is 0 Å². The lowest BCUT2D eigenvalue weighted by Crippen LogP contribution is -2.05. The Bertz CT molecular complexity index is 736. The van der Waals surface area contributed by atoms with Crippen molar-refractivity contribution in [3.63, 3.8) is 0 Å². The summed E-state index contributed by atoms with van der Waals surface area (Å²) in [6, 6.07) is 11.2. The summed E-state index contributed by atoms with van der Waals surface area (Å²) in [5.41, 5.74) is 3.20. The molecule has 1 N–H and O–H groups in total. The lowest BCUT2D eigenvalue weighted by Gasteiger charge is -2.10. The molecule has 2 rings (SSSR count). The smallest absolute Gasteiger partial charge is 0.338 e. The quantitative estimate of drug-likeness (QED) is 0.874. The van der Waals surface area contributed by atoms with Gasteiger partial charge in [-0.1, -0.05) is 18.2 Å². The molecule has 0 fully saturated rings. The van der Waals surface area contributed by atoms with Gasteiger partial charge < -0.3 is 5.11 Å². The lowest BCUT2D eigenvalue weighted by molar-refractivity contribution is 0.0691. The highest BCUT2D eigenvalue weighted by Crippen LogP contribution is 2.28. The summed E-state index contributed by atoms with van der Waals surface area (Å²) in [7, 11) is 0. The number of rotatable bonds is 4. The summed E-state index contributed by atoms with van der Waals surface area (Å²) in [4.78, 5) is 15.7.